The fourth-order valence-corrected chi connectivity index (χ4v) is 1.54. The van der Waals surface area contributed by atoms with E-state index in [1.807, 2.05) is 0 Å². The summed E-state index contributed by atoms with van der Waals surface area (Å²) in [5, 5.41) is 9.35. The summed E-state index contributed by atoms with van der Waals surface area (Å²) < 4.78 is 40.6. The molecule has 0 radical (unpaired) electrons. The van der Waals surface area contributed by atoms with E-state index in [2.05, 4.69) is 4.74 Å². The van der Waals surface area contributed by atoms with Crippen LogP contribution in [-0.4, -0.2) is 5.11 Å². The third-order valence-corrected chi connectivity index (χ3v) is 2.39. The van der Waals surface area contributed by atoms with Crippen molar-refractivity contribution in [2.24, 2.45) is 0 Å². The lowest BCUT2D eigenvalue weighted by molar-refractivity contribution is 0.241. The molecule has 0 amide bonds. The Morgan fingerprint density at radius 2 is 1.58 bits per heavy atom. The number of benzene rings is 2. The van der Waals surface area contributed by atoms with Crippen LogP contribution in [0.15, 0.2) is 60.6 Å². The molecule has 2 aromatic rings. The molecule has 0 aliphatic heterocycles. The molecular formula is C14H9F3O2. The van der Waals surface area contributed by atoms with E-state index in [9.17, 15) is 18.3 Å². The van der Waals surface area contributed by atoms with E-state index < -0.39 is 12.1 Å². The Hall–Kier alpha value is -2.43. The average Bonchev–Trinajstić information content (AvgIpc) is 2.39. The van der Waals surface area contributed by atoms with E-state index in [-0.39, 0.29) is 11.5 Å². The van der Waals surface area contributed by atoms with Crippen molar-refractivity contribution in [1.82, 2.24) is 0 Å². The molecule has 0 heterocycles. The van der Waals surface area contributed by atoms with Crippen molar-refractivity contribution in [1.29, 1.82) is 0 Å². The number of halogens is 3. The molecule has 0 bridgehead atoms. The normalized spacial score (nSPS) is 10.1. The van der Waals surface area contributed by atoms with Gasteiger partial charge in [0.15, 0.2) is 0 Å². The Balaban J connectivity index is 2.22. The third kappa shape index (κ3) is 3.28. The Morgan fingerprint density at radius 3 is 2.16 bits per heavy atom. The van der Waals surface area contributed by atoms with Gasteiger partial charge in [0.25, 0.3) is 0 Å². The SMILES string of the molecule is Oc1cccc(-c2ccc(OC(F)=C(F)F)cc2)c1. The van der Waals surface area contributed by atoms with Crippen molar-refractivity contribution in [3.05, 3.63) is 60.6 Å². The van der Waals surface area contributed by atoms with Gasteiger partial charge in [-0.2, -0.15) is 13.2 Å². The second kappa shape index (κ2) is 5.48. The average molecular weight is 266 g/mol. The van der Waals surface area contributed by atoms with Gasteiger partial charge in [-0.15, -0.1) is 0 Å². The third-order valence-electron chi connectivity index (χ3n) is 2.39. The second-order valence-electron chi connectivity index (χ2n) is 3.71. The molecule has 0 unspecified atom stereocenters. The van der Waals surface area contributed by atoms with Gasteiger partial charge in [-0.1, -0.05) is 24.3 Å². The summed E-state index contributed by atoms with van der Waals surface area (Å²) in [6, 6.07) is 10.5. The molecule has 0 fully saturated rings. The zero-order valence-electron chi connectivity index (χ0n) is 9.61. The van der Waals surface area contributed by atoms with Crippen molar-refractivity contribution >= 4 is 0 Å². The zero-order valence-corrected chi connectivity index (χ0v) is 9.61. The molecule has 0 atom stereocenters. The summed E-state index contributed by atoms with van der Waals surface area (Å²) in [4.78, 5) is 0. The highest BCUT2D eigenvalue weighted by atomic mass is 19.3. The molecule has 0 saturated carbocycles. The first-order valence-corrected chi connectivity index (χ1v) is 5.34. The lowest BCUT2D eigenvalue weighted by Crippen LogP contribution is -1.90. The largest absolute Gasteiger partial charge is 0.508 e. The topological polar surface area (TPSA) is 29.5 Å². The predicted octanol–water partition coefficient (Wildman–Crippen LogP) is 4.47. The summed E-state index contributed by atoms with van der Waals surface area (Å²) in [5.41, 5.74) is 1.49. The first-order valence-electron chi connectivity index (χ1n) is 5.34. The van der Waals surface area contributed by atoms with Crippen LogP contribution in [0, 0.1) is 0 Å². The summed E-state index contributed by atoms with van der Waals surface area (Å²) in [6.07, 6.45) is -2.50. The van der Waals surface area contributed by atoms with Gasteiger partial charge < -0.3 is 9.84 Å². The highest BCUT2D eigenvalue weighted by Crippen LogP contribution is 2.26. The Bertz CT molecular complexity index is 602. The summed E-state index contributed by atoms with van der Waals surface area (Å²) in [6.45, 7) is 0. The van der Waals surface area contributed by atoms with Crippen LogP contribution in [0.4, 0.5) is 13.2 Å². The molecule has 0 saturated heterocycles. The van der Waals surface area contributed by atoms with Gasteiger partial charge in [-0.3, -0.25) is 0 Å². The minimum Gasteiger partial charge on any atom is -0.508 e. The van der Waals surface area contributed by atoms with Gasteiger partial charge in [-0.25, -0.2) is 0 Å². The number of phenolic OH excluding ortho intramolecular Hbond substituents is 1. The second-order valence-corrected chi connectivity index (χ2v) is 3.71. The van der Waals surface area contributed by atoms with Crippen LogP contribution in [0.3, 0.4) is 0 Å². The van der Waals surface area contributed by atoms with Crippen molar-refractivity contribution in [2.75, 3.05) is 0 Å². The van der Waals surface area contributed by atoms with Gasteiger partial charge in [0.2, 0.25) is 0 Å². The Kier molecular flexibility index (Phi) is 3.75. The number of hydrogen-bond acceptors (Lipinski definition) is 2. The van der Waals surface area contributed by atoms with E-state index in [1.165, 1.54) is 18.2 Å². The summed E-state index contributed by atoms with van der Waals surface area (Å²) in [7, 11) is 0. The lowest BCUT2D eigenvalue weighted by atomic mass is 10.1. The monoisotopic (exact) mass is 266 g/mol. The minimum atomic E-state index is -2.50. The maximum Gasteiger partial charge on any atom is 0.344 e. The molecule has 1 N–H and O–H groups in total. The molecule has 0 aliphatic carbocycles. The summed E-state index contributed by atoms with van der Waals surface area (Å²) >= 11 is 0. The van der Waals surface area contributed by atoms with Gasteiger partial charge in [-0.05, 0) is 35.4 Å². The van der Waals surface area contributed by atoms with Gasteiger partial charge in [0, 0.05) is 0 Å². The molecular weight excluding hydrogens is 257 g/mol. The van der Waals surface area contributed by atoms with E-state index in [0.29, 0.717) is 0 Å². The summed E-state index contributed by atoms with van der Waals surface area (Å²) in [5.74, 6) is 0.0838. The first kappa shape index (κ1) is 13.0. The molecule has 2 aromatic carbocycles. The molecule has 5 heteroatoms. The highest BCUT2D eigenvalue weighted by Gasteiger charge is 2.07. The number of hydrogen-bond donors (Lipinski definition) is 1. The fraction of sp³-hybridized carbons (Fsp3) is 0. The van der Waals surface area contributed by atoms with E-state index in [0.717, 1.165) is 11.1 Å². The molecule has 98 valence electrons. The maximum atomic E-state index is 12.6. The van der Waals surface area contributed by atoms with Crippen LogP contribution >= 0.6 is 0 Å². The zero-order chi connectivity index (χ0) is 13.8. The van der Waals surface area contributed by atoms with Crippen LogP contribution < -0.4 is 4.74 Å². The smallest absolute Gasteiger partial charge is 0.344 e. The number of aromatic hydroxyl groups is 1. The molecule has 0 aromatic heterocycles. The van der Waals surface area contributed by atoms with E-state index >= 15 is 0 Å². The number of ether oxygens (including phenoxy) is 1. The van der Waals surface area contributed by atoms with E-state index in [4.69, 9.17) is 0 Å². The van der Waals surface area contributed by atoms with Gasteiger partial charge in [0.1, 0.15) is 11.5 Å². The first-order chi connectivity index (χ1) is 9.06. The van der Waals surface area contributed by atoms with Crippen LogP contribution in [-0.2, 0) is 0 Å². The number of phenols is 1. The van der Waals surface area contributed by atoms with E-state index in [1.54, 1.807) is 30.3 Å². The van der Waals surface area contributed by atoms with Gasteiger partial charge in [0.05, 0.1) is 0 Å². The highest BCUT2D eigenvalue weighted by molar-refractivity contribution is 5.65. The maximum absolute atomic E-state index is 12.6. The molecule has 0 spiro atoms. The van der Waals surface area contributed by atoms with Crippen LogP contribution in [0.1, 0.15) is 0 Å². The quantitative estimate of drug-likeness (QED) is 0.830. The molecule has 0 aliphatic rings. The van der Waals surface area contributed by atoms with Crippen LogP contribution in [0.5, 0.6) is 11.5 Å². The molecule has 2 rings (SSSR count). The standard InChI is InChI=1S/C14H9F3O2/c15-13(16)14(17)19-12-6-4-9(5-7-12)10-2-1-3-11(18)8-10/h1-8,18H. The number of rotatable bonds is 3. The fourth-order valence-electron chi connectivity index (χ4n) is 1.54. The van der Waals surface area contributed by atoms with Crippen LogP contribution in [0.25, 0.3) is 11.1 Å². The Labute approximate surface area is 107 Å². The van der Waals surface area contributed by atoms with Crippen LogP contribution in [0.2, 0.25) is 0 Å². The molecule has 2 nitrogen and oxygen atoms in total. The van der Waals surface area contributed by atoms with Crippen molar-refractivity contribution in [2.45, 2.75) is 0 Å². The minimum absolute atomic E-state index is 0.0331. The predicted molar refractivity (Wildman–Crippen MR) is 64.5 cm³/mol. The van der Waals surface area contributed by atoms with Gasteiger partial charge >= 0.3 is 12.1 Å². The van der Waals surface area contributed by atoms with Crippen molar-refractivity contribution < 1.29 is 23.0 Å². The van der Waals surface area contributed by atoms with Crippen molar-refractivity contribution in [3.63, 3.8) is 0 Å². The van der Waals surface area contributed by atoms with Crippen molar-refractivity contribution in [3.8, 4) is 22.6 Å². The lowest BCUT2D eigenvalue weighted by Gasteiger charge is -2.05. The molecule has 19 heavy (non-hydrogen) atoms. The Morgan fingerprint density at radius 1 is 0.895 bits per heavy atom.